The van der Waals surface area contributed by atoms with E-state index in [4.69, 9.17) is 5.84 Å². The van der Waals surface area contributed by atoms with Crippen LogP contribution in [-0.2, 0) is 5.41 Å². The van der Waals surface area contributed by atoms with Gasteiger partial charge in [-0.15, -0.1) is 10.2 Å². The number of hydrogen-bond donors (Lipinski definition) is 1. The van der Waals surface area contributed by atoms with Gasteiger partial charge < -0.3 is 5.84 Å². The van der Waals surface area contributed by atoms with Gasteiger partial charge in [-0.2, -0.15) is 4.68 Å². The van der Waals surface area contributed by atoms with E-state index in [0.717, 1.165) is 11.1 Å². The van der Waals surface area contributed by atoms with Crippen molar-refractivity contribution < 1.29 is 0 Å². The standard InChI is InChI=1S/C9H16N4OS/c1-5-9(2,3)6-7(14)13(10)8(15-4)12-11-6/h5,10H2,1-4H3. The molecule has 0 aliphatic carbocycles. The summed E-state index contributed by atoms with van der Waals surface area (Å²) in [5.74, 6) is 5.63. The van der Waals surface area contributed by atoms with Crippen LogP contribution in [0.15, 0.2) is 9.95 Å². The summed E-state index contributed by atoms with van der Waals surface area (Å²) in [6.07, 6.45) is 2.62. The van der Waals surface area contributed by atoms with Crippen LogP contribution in [-0.4, -0.2) is 21.1 Å². The van der Waals surface area contributed by atoms with Gasteiger partial charge in [0.2, 0.25) is 5.16 Å². The average Bonchev–Trinajstić information content (AvgIpc) is 2.21. The zero-order valence-electron chi connectivity index (χ0n) is 9.44. The molecule has 2 N–H and O–H groups in total. The Morgan fingerprint density at radius 2 is 2.07 bits per heavy atom. The van der Waals surface area contributed by atoms with Crippen LogP contribution in [0.1, 0.15) is 32.9 Å². The van der Waals surface area contributed by atoms with Crippen molar-refractivity contribution in [1.82, 2.24) is 14.9 Å². The Hall–Kier alpha value is -1.04. The molecular weight excluding hydrogens is 212 g/mol. The summed E-state index contributed by atoms with van der Waals surface area (Å²) in [4.78, 5) is 11.9. The molecule has 0 spiro atoms. The predicted octanol–water partition coefficient (Wildman–Crippen LogP) is 0.762. The normalized spacial score (nSPS) is 11.7. The molecule has 0 amide bonds. The van der Waals surface area contributed by atoms with Crippen molar-refractivity contribution in [3.8, 4) is 0 Å². The average molecular weight is 228 g/mol. The third kappa shape index (κ3) is 2.14. The summed E-state index contributed by atoms with van der Waals surface area (Å²) in [5, 5.41) is 8.32. The quantitative estimate of drug-likeness (QED) is 0.611. The first-order valence-electron chi connectivity index (χ1n) is 4.73. The Labute approximate surface area is 93.1 Å². The molecule has 0 aromatic carbocycles. The fraction of sp³-hybridized carbons (Fsp3) is 0.667. The minimum atomic E-state index is -0.290. The highest BCUT2D eigenvalue weighted by Crippen LogP contribution is 2.21. The van der Waals surface area contributed by atoms with Crippen LogP contribution in [0, 0.1) is 0 Å². The number of nitrogens with zero attached hydrogens (tertiary/aromatic N) is 3. The topological polar surface area (TPSA) is 73.8 Å². The lowest BCUT2D eigenvalue weighted by atomic mass is 9.87. The molecule has 0 atom stereocenters. The van der Waals surface area contributed by atoms with Gasteiger partial charge in [0.15, 0.2) is 0 Å². The van der Waals surface area contributed by atoms with E-state index in [1.807, 2.05) is 20.8 Å². The largest absolute Gasteiger partial charge is 0.334 e. The predicted molar refractivity (Wildman–Crippen MR) is 61.5 cm³/mol. The van der Waals surface area contributed by atoms with Crippen molar-refractivity contribution in [2.75, 3.05) is 12.1 Å². The van der Waals surface area contributed by atoms with Crippen molar-refractivity contribution >= 4 is 11.8 Å². The van der Waals surface area contributed by atoms with E-state index in [0.29, 0.717) is 10.9 Å². The highest BCUT2D eigenvalue weighted by atomic mass is 32.2. The fourth-order valence-electron chi connectivity index (χ4n) is 1.12. The van der Waals surface area contributed by atoms with Crippen molar-refractivity contribution in [2.24, 2.45) is 0 Å². The van der Waals surface area contributed by atoms with Gasteiger partial charge in [-0.3, -0.25) is 4.79 Å². The zero-order chi connectivity index (χ0) is 11.6. The minimum Gasteiger partial charge on any atom is -0.334 e. The minimum absolute atomic E-state index is 0.263. The first-order valence-corrected chi connectivity index (χ1v) is 5.95. The van der Waals surface area contributed by atoms with Crippen LogP contribution < -0.4 is 11.4 Å². The third-order valence-corrected chi connectivity index (χ3v) is 3.21. The molecule has 0 saturated heterocycles. The second kappa shape index (κ2) is 4.22. The smallest absolute Gasteiger partial charge is 0.295 e. The van der Waals surface area contributed by atoms with Crippen LogP contribution in [0.2, 0.25) is 0 Å². The van der Waals surface area contributed by atoms with Gasteiger partial charge in [0.1, 0.15) is 5.69 Å². The first kappa shape index (κ1) is 12.0. The number of rotatable bonds is 3. The summed E-state index contributed by atoms with van der Waals surface area (Å²) in [5.41, 5.74) is -0.131. The monoisotopic (exact) mass is 228 g/mol. The van der Waals surface area contributed by atoms with Gasteiger partial charge in [0.05, 0.1) is 0 Å². The maximum Gasteiger partial charge on any atom is 0.295 e. The second-order valence-electron chi connectivity index (χ2n) is 3.95. The molecule has 0 aliphatic heterocycles. The van der Waals surface area contributed by atoms with Crippen molar-refractivity contribution in [3.63, 3.8) is 0 Å². The molecule has 84 valence electrons. The van der Waals surface area contributed by atoms with E-state index in [2.05, 4.69) is 10.2 Å². The molecule has 1 rings (SSSR count). The van der Waals surface area contributed by atoms with Gasteiger partial charge >= 0.3 is 0 Å². The number of aromatic nitrogens is 3. The Balaban J connectivity index is 3.37. The highest BCUT2D eigenvalue weighted by molar-refractivity contribution is 7.98. The van der Waals surface area contributed by atoms with E-state index < -0.39 is 0 Å². The lowest BCUT2D eigenvalue weighted by Gasteiger charge is -2.20. The Morgan fingerprint density at radius 1 is 1.47 bits per heavy atom. The molecule has 1 aromatic rings. The molecule has 1 heterocycles. The van der Waals surface area contributed by atoms with Crippen LogP contribution in [0.5, 0.6) is 0 Å². The Kier molecular flexibility index (Phi) is 3.38. The van der Waals surface area contributed by atoms with Gasteiger partial charge in [-0.05, 0) is 12.7 Å². The van der Waals surface area contributed by atoms with Gasteiger partial charge in [-0.25, -0.2) is 0 Å². The maximum absolute atomic E-state index is 11.9. The number of nitrogen functional groups attached to an aromatic ring is 1. The summed E-state index contributed by atoms with van der Waals surface area (Å²) in [6.45, 7) is 5.92. The lowest BCUT2D eigenvalue weighted by molar-refractivity contribution is 0.461. The molecule has 15 heavy (non-hydrogen) atoms. The van der Waals surface area contributed by atoms with E-state index in [-0.39, 0.29) is 11.0 Å². The fourth-order valence-corrected chi connectivity index (χ4v) is 1.52. The van der Waals surface area contributed by atoms with Gasteiger partial charge in [-0.1, -0.05) is 32.5 Å². The van der Waals surface area contributed by atoms with E-state index >= 15 is 0 Å². The Morgan fingerprint density at radius 3 is 2.53 bits per heavy atom. The summed E-state index contributed by atoms with van der Waals surface area (Å²) in [6, 6.07) is 0. The molecule has 0 aliphatic rings. The lowest BCUT2D eigenvalue weighted by Crippen LogP contribution is -2.38. The summed E-state index contributed by atoms with van der Waals surface area (Å²) < 4.78 is 1.06. The summed E-state index contributed by atoms with van der Waals surface area (Å²) in [7, 11) is 0. The van der Waals surface area contributed by atoms with Gasteiger partial charge in [0.25, 0.3) is 5.56 Å². The maximum atomic E-state index is 11.9. The van der Waals surface area contributed by atoms with Crippen LogP contribution in [0.4, 0.5) is 0 Å². The highest BCUT2D eigenvalue weighted by Gasteiger charge is 2.25. The second-order valence-corrected chi connectivity index (χ2v) is 4.72. The van der Waals surface area contributed by atoms with Gasteiger partial charge in [0, 0.05) is 5.41 Å². The zero-order valence-corrected chi connectivity index (χ0v) is 10.3. The molecule has 6 heteroatoms. The number of hydrogen-bond acceptors (Lipinski definition) is 5. The Bertz CT molecular complexity index is 413. The molecule has 0 bridgehead atoms. The van der Waals surface area contributed by atoms with Crippen LogP contribution >= 0.6 is 11.8 Å². The molecule has 0 radical (unpaired) electrons. The SMILES string of the molecule is CCC(C)(C)c1nnc(SC)n(N)c1=O. The molecule has 0 unspecified atom stereocenters. The summed E-state index contributed by atoms with van der Waals surface area (Å²) >= 11 is 1.30. The van der Waals surface area contributed by atoms with E-state index in [1.54, 1.807) is 6.26 Å². The third-order valence-electron chi connectivity index (χ3n) is 2.57. The molecule has 1 aromatic heterocycles. The number of thioether (sulfide) groups is 1. The van der Waals surface area contributed by atoms with Crippen molar-refractivity contribution in [2.45, 2.75) is 37.8 Å². The van der Waals surface area contributed by atoms with Crippen molar-refractivity contribution in [3.05, 3.63) is 16.0 Å². The first-order chi connectivity index (χ1) is 6.94. The van der Waals surface area contributed by atoms with E-state index in [1.165, 1.54) is 11.8 Å². The van der Waals surface area contributed by atoms with Crippen LogP contribution in [0.25, 0.3) is 0 Å². The van der Waals surface area contributed by atoms with Crippen LogP contribution in [0.3, 0.4) is 0 Å². The van der Waals surface area contributed by atoms with Crippen molar-refractivity contribution in [1.29, 1.82) is 0 Å². The molecule has 0 saturated carbocycles. The van der Waals surface area contributed by atoms with E-state index in [9.17, 15) is 4.79 Å². The molecule has 0 fully saturated rings. The molecule has 5 nitrogen and oxygen atoms in total. The molecular formula is C9H16N4OS. The number of nitrogens with two attached hydrogens (primary N) is 1.